The van der Waals surface area contributed by atoms with Crippen LogP contribution in [0.5, 0.6) is 0 Å². The summed E-state index contributed by atoms with van der Waals surface area (Å²) in [5, 5.41) is 0. The second-order valence-corrected chi connectivity index (χ2v) is 4.21. The van der Waals surface area contributed by atoms with Gasteiger partial charge in [-0.2, -0.15) is 0 Å². The lowest BCUT2D eigenvalue weighted by Crippen LogP contribution is -2.12. The molecule has 0 aromatic rings. The lowest BCUT2D eigenvalue weighted by atomic mass is 10.1. The van der Waals surface area contributed by atoms with Crippen LogP contribution in [-0.4, -0.2) is 4.87 Å². The van der Waals surface area contributed by atoms with Gasteiger partial charge in [0.15, 0.2) is 0 Å². The summed E-state index contributed by atoms with van der Waals surface area (Å²) < 4.78 is 0. The van der Waals surface area contributed by atoms with Crippen LogP contribution in [0.15, 0.2) is 0 Å². The van der Waals surface area contributed by atoms with Gasteiger partial charge < -0.3 is 0 Å². The Morgan fingerprint density at radius 2 is 1.56 bits per heavy atom. The summed E-state index contributed by atoms with van der Waals surface area (Å²) in [6.07, 6.45) is 0. The first-order valence-electron chi connectivity index (χ1n) is 3.70. The Morgan fingerprint density at radius 3 is 1.56 bits per heavy atom. The molecule has 0 spiro atoms. The minimum atomic E-state index is 0.139. The average Bonchev–Trinajstić information content (AvgIpc) is 2.22. The van der Waals surface area contributed by atoms with Crippen molar-refractivity contribution in [1.82, 2.24) is 0 Å². The van der Waals surface area contributed by atoms with Crippen molar-refractivity contribution in [2.75, 3.05) is 0 Å². The molecule has 2 atom stereocenters. The Morgan fingerprint density at radius 1 is 1.22 bits per heavy atom. The van der Waals surface area contributed by atoms with E-state index >= 15 is 0 Å². The molecular formula is C8H15Cl. The molecule has 1 aliphatic carbocycles. The van der Waals surface area contributed by atoms with Crippen molar-refractivity contribution in [2.45, 2.75) is 32.6 Å². The summed E-state index contributed by atoms with van der Waals surface area (Å²) >= 11 is 6.28. The first-order chi connectivity index (χ1) is 4.01. The predicted octanol–water partition coefficient (Wildman–Crippen LogP) is 2.91. The monoisotopic (exact) mass is 146 g/mol. The van der Waals surface area contributed by atoms with Crippen molar-refractivity contribution in [3.05, 3.63) is 0 Å². The summed E-state index contributed by atoms with van der Waals surface area (Å²) in [7, 11) is 0. The molecule has 0 saturated heterocycles. The smallest absolute Gasteiger partial charge is 0.0526 e. The zero-order valence-electron chi connectivity index (χ0n) is 6.61. The maximum atomic E-state index is 6.28. The summed E-state index contributed by atoms with van der Waals surface area (Å²) in [5.74, 6) is 2.07. The molecule has 0 nitrogen and oxygen atoms in total. The van der Waals surface area contributed by atoms with E-state index in [2.05, 4.69) is 27.7 Å². The summed E-state index contributed by atoms with van der Waals surface area (Å²) in [6.45, 7) is 8.87. The zero-order chi connectivity index (χ0) is 7.23. The van der Waals surface area contributed by atoms with Crippen LogP contribution >= 0.6 is 11.6 Å². The van der Waals surface area contributed by atoms with E-state index in [0.29, 0.717) is 5.92 Å². The van der Waals surface area contributed by atoms with Crippen LogP contribution in [0.4, 0.5) is 0 Å². The first kappa shape index (κ1) is 7.40. The lowest BCUT2D eigenvalue weighted by molar-refractivity contribution is 0.547. The molecule has 0 heterocycles. The third kappa shape index (κ3) is 0.797. The van der Waals surface area contributed by atoms with E-state index in [4.69, 9.17) is 11.6 Å². The number of hydrogen-bond donors (Lipinski definition) is 0. The fourth-order valence-electron chi connectivity index (χ4n) is 1.81. The van der Waals surface area contributed by atoms with Crippen LogP contribution in [0.1, 0.15) is 27.7 Å². The van der Waals surface area contributed by atoms with E-state index in [9.17, 15) is 0 Å². The maximum Gasteiger partial charge on any atom is 0.0526 e. The lowest BCUT2D eigenvalue weighted by Gasteiger charge is -2.11. The Kier molecular flexibility index (Phi) is 1.55. The van der Waals surface area contributed by atoms with Crippen molar-refractivity contribution in [2.24, 2.45) is 17.8 Å². The molecular weight excluding hydrogens is 132 g/mol. The van der Waals surface area contributed by atoms with Gasteiger partial charge in [-0.05, 0) is 17.8 Å². The van der Waals surface area contributed by atoms with Gasteiger partial charge in [0, 0.05) is 0 Å². The van der Waals surface area contributed by atoms with E-state index in [1.54, 1.807) is 0 Å². The molecule has 0 aliphatic heterocycles. The molecule has 9 heavy (non-hydrogen) atoms. The van der Waals surface area contributed by atoms with Gasteiger partial charge in [0.2, 0.25) is 0 Å². The SMILES string of the molecule is CC(C)C1(Cl)C(C)C1C. The van der Waals surface area contributed by atoms with E-state index in [1.165, 1.54) is 0 Å². The molecule has 0 aromatic carbocycles. The van der Waals surface area contributed by atoms with Crippen LogP contribution < -0.4 is 0 Å². The third-order valence-corrected chi connectivity index (χ3v) is 4.05. The molecule has 0 bridgehead atoms. The highest BCUT2D eigenvalue weighted by Crippen LogP contribution is 2.59. The number of hydrogen-bond acceptors (Lipinski definition) is 0. The van der Waals surface area contributed by atoms with Gasteiger partial charge in [0.05, 0.1) is 4.87 Å². The Balaban J connectivity index is 2.60. The Hall–Kier alpha value is 0.290. The van der Waals surface area contributed by atoms with Gasteiger partial charge >= 0.3 is 0 Å². The van der Waals surface area contributed by atoms with Gasteiger partial charge in [0.25, 0.3) is 0 Å². The second kappa shape index (κ2) is 1.88. The van der Waals surface area contributed by atoms with Gasteiger partial charge in [-0.3, -0.25) is 0 Å². The van der Waals surface area contributed by atoms with Crippen molar-refractivity contribution >= 4 is 11.6 Å². The fourth-order valence-corrected chi connectivity index (χ4v) is 2.12. The standard InChI is InChI=1S/C8H15Cl/c1-5(2)8(9)6(3)7(8)4/h5-7H,1-4H3. The van der Waals surface area contributed by atoms with E-state index in [0.717, 1.165) is 11.8 Å². The quantitative estimate of drug-likeness (QED) is 0.499. The maximum absolute atomic E-state index is 6.28. The number of halogens is 1. The fraction of sp³-hybridized carbons (Fsp3) is 1.00. The van der Waals surface area contributed by atoms with Crippen molar-refractivity contribution in [1.29, 1.82) is 0 Å². The van der Waals surface area contributed by atoms with E-state index in [1.807, 2.05) is 0 Å². The summed E-state index contributed by atoms with van der Waals surface area (Å²) in [5.41, 5.74) is 0. The van der Waals surface area contributed by atoms with Crippen LogP contribution in [-0.2, 0) is 0 Å². The van der Waals surface area contributed by atoms with Crippen molar-refractivity contribution in [3.8, 4) is 0 Å². The second-order valence-electron chi connectivity index (χ2n) is 3.56. The van der Waals surface area contributed by atoms with Crippen molar-refractivity contribution in [3.63, 3.8) is 0 Å². The third-order valence-electron chi connectivity index (χ3n) is 2.92. The van der Waals surface area contributed by atoms with Crippen molar-refractivity contribution < 1.29 is 0 Å². The highest BCUT2D eigenvalue weighted by Gasteiger charge is 2.59. The highest BCUT2D eigenvalue weighted by atomic mass is 35.5. The van der Waals surface area contributed by atoms with Crippen LogP contribution in [0, 0.1) is 17.8 Å². The van der Waals surface area contributed by atoms with E-state index in [-0.39, 0.29) is 4.87 Å². The minimum Gasteiger partial charge on any atom is -0.118 e. The normalized spacial score (nSPS) is 50.0. The first-order valence-corrected chi connectivity index (χ1v) is 4.08. The van der Waals surface area contributed by atoms with E-state index < -0.39 is 0 Å². The molecule has 1 saturated carbocycles. The summed E-state index contributed by atoms with van der Waals surface area (Å²) in [4.78, 5) is 0.139. The van der Waals surface area contributed by atoms with Gasteiger partial charge in [-0.25, -0.2) is 0 Å². The zero-order valence-corrected chi connectivity index (χ0v) is 7.37. The van der Waals surface area contributed by atoms with Crippen LogP contribution in [0.2, 0.25) is 0 Å². The predicted molar refractivity (Wildman–Crippen MR) is 41.8 cm³/mol. The molecule has 1 fully saturated rings. The molecule has 0 radical (unpaired) electrons. The molecule has 1 heteroatoms. The molecule has 2 unspecified atom stereocenters. The highest BCUT2D eigenvalue weighted by molar-refractivity contribution is 6.26. The van der Waals surface area contributed by atoms with Crippen LogP contribution in [0.3, 0.4) is 0 Å². The molecule has 0 N–H and O–H groups in total. The molecule has 1 rings (SSSR count). The molecule has 0 aromatic heterocycles. The molecule has 0 amide bonds. The van der Waals surface area contributed by atoms with Crippen LogP contribution in [0.25, 0.3) is 0 Å². The largest absolute Gasteiger partial charge is 0.118 e. The number of alkyl halides is 1. The van der Waals surface area contributed by atoms with Gasteiger partial charge in [-0.1, -0.05) is 27.7 Å². The Labute approximate surface area is 62.6 Å². The minimum absolute atomic E-state index is 0.139. The Bertz CT molecular complexity index is 100. The van der Waals surface area contributed by atoms with Gasteiger partial charge in [0.1, 0.15) is 0 Å². The number of rotatable bonds is 1. The van der Waals surface area contributed by atoms with Gasteiger partial charge in [-0.15, -0.1) is 11.6 Å². The average molecular weight is 147 g/mol. The molecule has 1 aliphatic rings. The topological polar surface area (TPSA) is 0 Å². The summed E-state index contributed by atoms with van der Waals surface area (Å²) in [6, 6.07) is 0. The molecule has 54 valence electrons.